The van der Waals surface area contributed by atoms with E-state index in [-0.39, 0.29) is 17.5 Å². The average molecular weight is 384 g/mol. The van der Waals surface area contributed by atoms with Crippen molar-refractivity contribution in [1.82, 2.24) is 10.1 Å². The fourth-order valence-electron chi connectivity index (χ4n) is 3.93. The molecule has 1 atom stereocenters. The summed E-state index contributed by atoms with van der Waals surface area (Å²) in [5, 5.41) is 3.94. The van der Waals surface area contributed by atoms with Crippen LogP contribution in [0.5, 0.6) is 11.5 Å². The Hall–Kier alpha value is -2.76. The molecular weight excluding hydrogens is 356 g/mol. The van der Waals surface area contributed by atoms with Gasteiger partial charge in [0.05, 0.1) is 18.4 Å². The number of rotatable bonds is 6. The van der Waals surface area contributed by atoms with E-state index >= 15 is 0 Å². The van der Waals surface area contributed by atoms with Crippen molar-refractivity contribution in [2.75, 3.05) is 7.11 Å². The van der Waals surface area contributed by atoms with Crippen LogP contribution in [0.15, 0.2) is 28.8 Å². The summed E-state index contributed by atoms with van der Waals surface area (Å²) in [7, 11) is 1.60. The minimum atomic E-state index is -0.0750. The zero-order chi connectivity index (χ0) is 20.5. The molecule has 1 fully saturated rings. The Bertz CT molecular complexity index is 878. The fourth-order valence-corrected chi connectivity index (χ4v) is 3.93. The third kappa shape index (κ3) is 3.91. The van der Waals surface area contributed by atoms with Gasteiger partial charge in [0, 0.05) is 17.7 Å². The van der Waals surface area contributed by atoms with E-state index in [2.05, 4.69) is 25.9 Å². The number of benzene rings is 1. The van der Waals surface area contributed by atoms with Crippen molar-refractivity contribution in [2.45, 2.75) is 59.2 Å². The van der Waals surface area contributed by atoms with Crippen LogP contribution in [0.2, 0.25) is 0 Å². The molecule has 0 spiro atoms. The Balaban J connectivity index is 1.70. The van der Waals surface area contributed by atoms with E-state index in [0.717, 1.165) is 29.0 Å². The molecule has 2 heterocycles. The second-order valence-electron chi connectivity index (χ2n) is 7.91. The summed E-state index contributed by atoms with van der Waals surface area (Å²) >= 11 is 0. The van der Waals surface area contributed by atoms with E-state index in [4.69, 9.17) is 14.0 Å². The molecule has 28 heavy (non-hydrogen) atoms. The highest BCUT2D eigenvalue weighted by atomic mass is 16.5. The Morgan fingerprint density at radius 1 is 1.36 bits per heavy atom. The molecule has 1 aromatic heterocycles. The predicted octanol–water partition coefficient (Wildman–Crippen LogP) is 4.29. The van der Waals surface area contributed by atoms with E-state index in [0.29, 0.717) is 18.1 Å². The molecule has 1 aliphatic rings. The molecule has 0 saturated carbocycles. The van der Waals surface area contributed by atoms with Crippen LogP contribution in [-0.2, 0) is 11.4 Å². The minimum absolute atomic E-state index is 0.0291. The summed E-state index contributed by atoms with van der Waals surface area (Å²) in [6.07, 6.45) is 4.46. The van der Waals surface area contributed by atoms with E-state index in [1.54, 1.807) is 13.2 Å². The van der Waals surface area contributed by atoms with Crippen molar-refractivity contribution in [1.29, 1.82) is 0 Å². The lowest BCUT2D eigenvalue weighted by atomic mass is 9.82. The molecule has 2 aromatic rings. The van der Waals surface area contributed by atoms with Gasteiger partial charge in [-0.05, 0) is 64.8 Å². The summed E-state index contributed by atoms with van der Waals surface area (Å²) in [4.78, 5) is 14.4. The summed E-state index contributed by atoms with van der Waals surface area (Å²) in [6.45, 7) is 10.4. The third-order valence-corrected chi connectivity index (χ3v) is 5.28. The smallest absolute Gasteiger partial charge is 0.247 e. The lowest BCUT2D eigenvalue weighted by molar-refractivity contribution is -0.146. The van der Waals surface area contributed by atoms with Gasteiger partial charge >= 0.3 is 0 Å². The highest BCUT2D eigenvalue weighted by Gasteiger charge is 2.44. The molecule has 1 amide bonds. The molecule has 1 saturated heterocycles. The van der Waals surface area contributed by atoms with Crippen molar-refractivity contribution >= 4 is 12.0 Å². The van der Waals surface area contributed by atoms with E-state index < -0.39 is 0 Å². The van der Waals surface area contributed by atoms with Crippen LogP contribution in [-0.4, -0.2) is 34.7 Å². The van der Waals surface area contributed by atoms with Gasteiger partial charge in [-0.1, -0.05) is 11.2 Å². The summed E-state index contributed by atoms with van der Waals surface area (Å²) in [5.74, 6) is 2.02. The quantitative estimate of drug-likeness (QED) is 0.695. The van der Waals surface area contributed by atoms with E-state index in [9.17, 15) is 4.79 Å². The van der Waals surface area contributed by atoms with E-state index in [1.807, 2.05) is 43.0 Å². The normalized spacial score (nSPS) is 18.2. The topological polar surface area (TPSA) is 64.8 Å². The van der Waals surface area contributed by atoms with Gasteiger partial charge in [-0.3, -0.25) is 4.79 Å². The van der Waals surface area contributed by atoms with Gasteiger partial charge in [0.25, 0.3) is 0 Å². The number of carbonyl (C=O) groups excluding carboxylic acids is 1. The highest BCUT2D eigenvalue weighted by molar-refractivity contribution is 5.93. The molecule has 6 nitrogen and oxygen atoms in total. The second-order valence-corrected chi connectivity index (χ2v) is 7.91. The van der Waals surface area contributed by atoms with Gasteiger partial charge < -0.3 is 18.9 Å². The van der Waals surface area contributed by atoms with Crippen LogP contribution in [0.4, 0.5) is 0 Å². The van der Waals surface area contributed by atoms with Gasteiger partial charge in [0.2, 0.25) is 5.91 Å². The van der Waals surface area contributed by atoms with Crippen molar-refractivity contribution in [3.05, 3.63) is 46.9 Å². The van der Waals surface area contributed by atoms with Crippen molar-refractivity contribution in [3.8, 4) is 11.5 Å². The minimum Gasteiger partial charge on any atom is -0.493 e. The number of amides is 1. The van der Waals surface area contributed by atoms with Crippen LogP contribution < -0.4 is 9.47 Å². The highest BCUT2D eigenvalue weighted by Crippen LogP contribution is 2.36. The molecular formula is C22H28N2O4. The molecule has 0 bridgehead atoms. The third-order valence-electron chi connectivity index (χ3n) is 5.28. The lowest BCUT2D eigenvalue weighted by Gasteiger charge is -2.53. The Labute approximate surface area is 166 Å². The first-order valence-corrected chi connectivity index (χ1v) is 9.47. The lowest BCUT2D eigenvalue weighted by Crippen LogP contribution is -2.63. The van der Waals surface area contributed by atoms with Crippen LogP contribution >= 0.6 is 0 Å². The maximum atomic E-state index is 12.5. The second kappa shape index (κ2) is 7.70. The summed E-state index contributed by atoms with van der Waals surface area (Å²) in [5.41, 5.74) is 2.55. The molecule has 150 valence electrons. The molecule has 0 N–H and O–H groups in total. The van der Waals surface area contributed by atoms with Crippen LogP contribution in [0, 0.1) is 13.8 Å². The molecule has 1 aliphatic heterocycles. The number of aromatic nitrogens is 1. The number of aryl methyl sites for hydroxylation is 2. The van der Waals surface area contributed by atoms with Crippen molar-refractivity contribution in [3.63, 3.8) is 0 Å². The standard InChI is InChI=1S/C22H28N2O4/c1-14-12-22(4,5)24(14)21(25)10-8-17-7-9-19(20(11-17)26-6)27-13-18-15(2)23-28-16(18)3/h7-11,14H,12-13H2,1-6H3/b10-8+. The predicted molar refractivity (Wildman–Crippen MR) is 107 cm³/mol. The van der Waals surface area contributed by atoms with Gasteiger partial charge in [-0.2, -0.15) is 0 Å². The Morgan fingerprint density at radius 2 is 2.11 bits per heavy atom. The first-order valence-electron chi connectivity index (χ1n) is 9.47. The van der Waals surface area contributed by atoms with Crippen LogP contribution in [0.25, 0.3) is 6.08 Å². The molecule has 1 unspecified atom stereocenters. The van der Waals surface area contributed by atoms with Crippen molar-refractivity contribution in [2.24, 2.45) is 0 Å². The Kier molecular flexibility index (Phi) is 5.49. The first-order chi connectivity index (χ1) is 13.2. The zero-order valence-electron chi connectivity index (χ0n) is 17.4. The molecule has 1 aromatic carbocycles. The number of methoxy groups -OCH3 is 1. The Morgan fingerprint density at radius 3 is 2.68 bits per heavy atom. The number of hydrogen-bond acceptors (Lipinski definition) is 5. The maximum Gasteiger partial charge on any atom is 0.247 e. The molecule has 0 radical (unpaired) electrons. The van der Waals surface area contributed by atoms with Gasteiger partial charge in [-0.15, -0.1) is 0 Å². The van der Waals surface area contributed by atoms with Gasteiger partial charge in [0.1, 0.15) is 12.4 Å². The van der Waals surface area contributed by atoms with Crippen LogP contribution in [0.1, 0.15) is 49.8 Å². The number of likely N-dealkylation sites (tertiary alicyclic amines) is 1. The molecule has 6 heteroatoms. The molecule has 0 aliphatic carbocycles. The molecule has 3 rings (SSSR count). The zero-order valence-corrected chi connectivity index (χ0v) is 17.4. The fraction of sp³-hybridized carbons (Fsp3) is 0.455. The first kappa shape index (κ1) is 20.0. The SMILES string of the molecule is COc1cc(/C=C/C(=O)N2C(C)CC2(C)C)ccc1OCc1c(C)noc1C. The largest absolute Gasteiger partial charge is 0.493 e. The van der Waals surface area contributed by atoms with Crippen molar-refractivity contribution < 1.29 is 18.8 Å². The average Bonchev–Trinajstić information content (AvgIpc) is 2.95. The number of ether oxygens (including phenoxy) is 2. The monoisotopic (exact) mass is 384 g/mol. The van der Waals surface area contributed by atoms with E-state index in [1.165, 1.54) is 0 Å². The summed E-state index contributed by atoms with van der Waals surface area (Å²) < 4.78 is 16.5. The maximum absolute atomic E-state index is 12.5. The van der Waals surface area contributed by atoms with Gasteiger partial charge in [-0.25, -0.2) is 0 Å². The van der Waals surface area contributed by atoms with Crippen LogP contribution in [0.3, 0.4) is 0 Å². The number of nitrogens with zero attached hydrogens (tertiary/aromatic N) is 2. The number of hydrogen-bond donors (Lipinski definition) is 0. The number of carbonyl (C=O) groups is 1. The summed E-state index contributed by atoms with van der Waals surface area (Å²) in [6, 6.07) is 5.88. The van der Waals surface area contributed by atoms with Gasteiger partial charge in [0.15, 0.2) is 11.5 Å².